The van der Waals surface area contributed by atoms with Crippen LogP contribution in [-0.4, -0.2) is 40.9 Å². The maximum absolute atomic E-state index is 9.31. The first-order valence-electron chi connectivity index (χ1n) is 6.39. The zero-order chi connectivity index (χ0) is 13.1. The van der Waals surface area contributed by atoms with Crippen LogP contribution in [0.5, 0.6) is 5.75 Å². The largest absolute Gasteiger partial charge is 0.508 e. The van der Waals surface area contributed by atoms with Crippen LogP contribution < -0.4 is 0 Å². The molecule has 0 spiro atoms. The summed E-state index contributed by atoms with van der Waals surface area (Å²) >= 11 is 0. The number of ether oxygens (including phenoxy) is 1. The van der Waals surface area contributed by atoms with E-state index in [2.05, 4.69) is 18.7 Å². The normalized spacial score (nSPS) is 24.9. The Morgan fingerprint density at radius 1 is 1.33 bits per heavy atom. The van der Waals surface area contributed by atoms with Gasteiger partial charge in [-0.2, -0.15) is 0 Å². The first-order valence-corrected chi connectivity index (χ1v) is 6.39. The number of aliphatic hydroxyl groups excluding tert-OH is 1. The van der Waals surface area contributed by atoms with Gasteiger partial charge in [-0.1, -0.05) is 26.0 Å². The molecule has 18 heavy (non-hydrogen) atoms. The van der Waals surface area contributed by atoms with Crippen LogP contribution >= 0.6 is 0 Å². The Morgan fingerprint density at radius 3 is 2.56 bits per heavy atom. The Morgan fingerprint density at radius 2 is 2.00 bits per heavy atom. The van der Waals surface area contributed by atoms with E-state index in [1.54, 1.807) is 12.1 Å². The first kappa shape index (κ1) is 13.3. The van der Waals surface area contributed by atoms with Gasteiger partial charge in [0.25, 0.3) is 0 Å². The quantitative estimate of drug-likeness (QED) is 0.856. The van der Waals surface area contributed by atoms with E-state index in [-0.39, 0.29) is 24.7 Å². The van der Waals surface area contributed by atoms with Crippen molar-refractivity contribution in [2.45, 2.75) is 26.2 Å². The van der Waals surface area contributed by atoms with Gasteiger partial charge in [-0.15, -0.1) is 0 Å². The van der Waals surface area contributed by atoms with Crippen molar-refractivity contribution in [3.8, 4) is 5.75 Å². The molecule has 2 rings (SSSR count). The molecule has 100 valence electrons. The van der Waals surface area contributed by atoms with E-state index in [0.29, 0.717) is 5.92 Å². The van der Waals surface area contributed by atoms with Crippen LogP contribution in [-0.2, 0) is 4.74 Å². The van der Waals surface area contributed by atoms with Gasteiger partial charge >= 0.3 is 0 Å². The second kappa shape index (κ2) is 5.69. The zero-order valence-electron chi connectivity index (χ0n) is 10.9. The molecule has 0 saturated carbocycles. The fourth-order valence-electron chi connectivity index (χ4n) is 2.34. The maximum atomic E-state index is 9.31. The van der Waals surface area contributed by atoms with Gasteiger partial charge < -0.3 is 14.9 Å². The Labute approximate surface area is 108 Å². The SMILES string of the molecule is CC(C)CN1CC(CO)OC1c1ccc(O)cc1. The van der Waals surface area contributed by atoms with E-state index in [0.717, 1.165) is 18.7 Å². The lowest BCUT2D eigenvalue weighted by Gasteiger charge is -2.24. The summed E-state index contributed by atoms with van der Waals surface area (Å²) in [6.07, 6.45) is -0.243. The third-order valence-electron chi connectivity index (χ3n) is 3.07. The maximum Gasteiger partial charge on any atom is 0.137 e. The Hall–Kier alpha value is -1.10. The molecular weight excluding hydrogens is 230 g/mol. The van der Waals surface area contributed by atoms with Crippen molar-refractivity contribution < 1.29 is 14.9 Å². The molecule has 2 N–H and O–H groups in total. The van der Waals surface area contributed by atoms with Crippen LogP contribution in [0, 0.1) is 5.92 Å². The summed E-state index contributed by atoms with van der Waals surface area (Å²) in [5, 5.41) is 18.5. The number of phenols is 1. The van der Waals surface area contributed by atoms with E-state index in [4.69, 9.17) is 4.74 Å². The molecule has 0 aromatic heterocycles. The predicted molar refractivity (Wildman–Crippen MR) is 69.2 cm³/mol. The number of hydrogen-bond donors (Lipinski definition) is 2. The highest BCUT2D eigenvalue weighted by Gasteiger charge is 2.33. The molecule has 0 amide bonds. The van der Waals surface area contributed by atoms with Crippen molar-refractivity contribution in [3.05, 3.63) is 29.8 Å². The number of rotatable bonds is 4. The molecule has 0 bridgehead atoms. The molecule has 0 aliphatic carbocycles. The topological polar surface area (TPSA) is 52.9 Å². The predicted octanol–water partition coefficient (Wildman–Crippen LogP) is 1.74. The second-order valence-corrected chi connectivity index (χ2v) is 5.23. The highest BCUT2D eigenvalue weighted by Crippen LogP contribution is 2.31. The third kappa shape index (κ3) is 3.02. The Balaban J connectivity index is 2.15. The molecule has 4 nitrogen and oxygen atoms in total. The molecule has 1 aromatic carbocycles. The molecular formula is C14H21NO3. The van der Waals surface area contributed by atoms with Gasteiger partial charge in [0, 0.05) is 13.1 Å². The molecule has 1 fully saturated rings. The summed E-state index contributed by atoms with van der Waals surface area (Å²) in [5.41, 5.74) is 1.02. The van der Waals surface area contributed by atoms with Crippen LogP contribution in [0.3, 0.4) is 0 Å². The Bertz CT molecular complexity index is 377. The number of aliphatic hydroxyl groups is 1. The van der Waals surface area contributed by atoms with Crippen LogP contribution in [0.15, 0.2) is 24.3 Å². The molecule has 1 aliphatic heterocycles. The van der Waals surface area contributed by atoms with Crippen molar-refractivity contribution in [2.75, 3.05) is 19.7 Å². The van der Waals surface area contributed by atoms with Gasteiger partial charge in [-0.3, -0.25) is 4.90 Å². The standard InChI is InChI=1S/C14H21NO3/c1-10(2)7-15-8-13(9-16)18-14(15)11-3-5-12(17)6-4-11/h3-6,10,13-14,16-17H,7-9H2,1-2H3. The minimum atomic E-state index is -0.123. The number of phenolic OH excluding ortho intramolecular Hbond substituents is 1. The van der Waals surface area contributed by atoms with Crippen molar-refractivity contribution in [2.24, 2.45) is 5.92 Å². The van der Waals surface area contributed by atoms with Crippen molar-refractivity contribution in [1.82, 2.24) is 4.90 Å². The van der Waals surface area contributed by atoms with Gasteiger partial charge in [-0.05, 0) is 23.6 Å². The van der Waals surface area contributed by atoms with E-state index in [1.807, 2.05) is 12.1 Å². The average molecular weight is 251 g/mol. The molecule has 2 unspecified atom stereocenters. The second-order valence-electron chi connectivity index (χ2n) is 5.23. The molecule has 4 heteroatoms. The number of benzene rings is 1. The summed E-state index contributed by atoms with van der Waals surface area (Å²) < 4.78 is 5.84. The number of hydrogen-bond acceptors (Lipinski definition) is 4. The van der Waals surface area contributed by atoms with Gasteiger partial charge in [0.05, 0.1) is 12.7 Å². The van der Waals surface area contributed by atoms with Crippen LogP contribution in [0.1, 0.15) is 25.6 Å². The average Bonchev–Trinajstić information content (AvgIpc) is 2.72. The van der Waals surface area contributed by atoms with Crippen molar-refractivity contribution >= 4 is 0 Å². The van der Waals surface area contributed by atoms with Gasteiger partial charge in [-0.25, -0.2) is 0 Å². The summed E-state index contributed by atoms with van der Waals surface area (Å²) in [6.45, 7) is 6.06. The van der Waals surface area contributed by atoms with E-state index in [9.17, 15) is 10.2 Å². The smallest absolute Gasteiger partial charge is 0.137 e. The monoisotopic (exact) mass is 251 g/mol. The third-order valence-corrected chi connectivity index (χ3v) is 3.07. The van der Waals surface area contributed by atoms with Gasteiger partial charge in [0.15, 0.2) is 0 Å². The lowest BCUT2D eigenvalue weighted by Crippen LogP contribution is -2.29. The van der Waals surface area contributed by atoms with E-state index < -0.39 is 0 Å². The first-order chi connectivity index (χ1) is 8.60. The van der Waals surface area contributed by atoms with Crippen molar-refractivity contribution in [3.63, 3.8) is 0 Å². The van der Waals surface area contributed by atoms with Gasteiger partial charge in [0.2, 0.25) is 0 Å². The highest BCUT2D eigenvalue weighted by molar-refractivity contribution is 5.27. The van der Waals surface area contributed by atoms with Gasteiger partial charge in [0.1, 0.15) is 12.0 Å². The summed E-state index contributed by atoms with van der Waals surface area (Å²) in [6, 6.07) is 7.07. The van der Waals surface area contributed by atoms with E-state index >= 15 is 0 Å². The minimum Gasteiger partial charge on any atom is -0.508 e. The highest BCUT2D eigenvalue weighted by atomic mass is 16.5. The minimum absolute atomic E-state index is 0.0448. The van der Waals surface area contributed by atoms with Crippen LogP contribution in [0.25, 0.3) is 0 Å². The van der Waals surface area contributed by atoms with Crippen LogP contribution in [0.4, 0.5) is 0 Å². The van der Waals surface area contributed by atoms with Crippen LogP contribution in [0.2, 0.25) is 0 Å². The Kier molecular flexibility index (Phi) is 4.22. The lowest BCUT2D eigenvalue weighted by molar-refractivity contribution is -0.0218. The number of nitrogens with zero attached hydrogens (tertiary/aromatic N) is 1. The molecule has 1 heterocycles. The summed E-state index contributed by atoms with van der Waals surface area (Å²) in [5.74, 6) is 0.802. The summed E-state index contributed by atoms with van der Waals surface area (Å²) in [7, 11) is 0. The fraction of sp³-hybridized carbons (Fsp3) is 0.571. The fourth-order valence-corrected chi connectivity index (χ4v) is 2.34. The molecule has 0 radical (unpaired) electrons. The number of aromatic hydroxyl groups is 1. The van der Waals surface area contributed by atoms with E-state index in [1.165, 1.54) is 0 Å². The molecule has 2 atom stereocenters. The van der Waals surface area contributed by atoms with Crippen molar-refractivity contribution in [1.29, 1.82) is 0 Å². The zero-order valence-corrected chi connectivity index (χ0v) is 10.9. The molecule has 1 saturated heterocycles. The lowest BCUT2D eigenvalue weighted by atomic mass is 10.1. The molecule has 1 aromatic rings. The summed E-state index contributed by atoms with van der Waals surface area (Å²) in [4.78, 5) is 2.23. The molecule has 1 aliphatic rings.